The Labute approximate surface area is 153 Å². The highest BCUT2D eigenvalue weighted by Gasteiger charge is 2.35. The van der Waals surface area contributed by atoms with Gasteiger partial charge in [0.2, 0.25) is 0 Å². The molecule has 3 rings (SSSR count). The number of para-hydroxylation sites is 1. The number of aryl methyl sites for hydroxylation is 1. The first-order valence-corrected chi connectivity index (χ1v) is 9.02. The van der Waals surface area contributed by atoms with Crippen LogP contribution in [0, 0.1) is 13.8 Å². The number of esters is 1. The third kappa shape index (κ3) is 2.96. The van der Waals surface area contributed by atoms with Crippen molar-refractivity contribution in [1.82, 2.24) is 9.88 Å². The van der Waals surface area contributed by atoms with Gasteiger partial charge in [-0.2, -0.15) is 0 Å². The number of aromatic amines is 1. The van der Waals surface area contributed by atoms with Gasteiger partial charge in [-0.05, 0) is 44.9 Å². The van der Waals surface area contributed by atoms with E-state index in [1.165, 1.54) is 0 Å². The molecule has 1 aliphatic rings. The molecule has 1 aromatic carbocycles. The smallest absolute Gasteiger partial charge is 0.340 e. The zero-order valence-electron chi connectivity index (χ0n) is 15.7. The normalized spacial score (nSPS) is 16.2. The number of benzene rings is 1. The van der Waals surface area contributed by atoms with Crippen LogP contribution in [-0.2, 0) is 4.74 Å². The molecule has 138 valence electrons. The van der Waals surface area contributed by atoms with Crippen molar-refractivity contribution in [2.75, 3.05) is 18.5 Å². The summed E-state index contributed by atoms with van der Waals surface area (Å²) in [5, 5.41) is 3.45. The molecule has 2 aromatic rings. The molecule has 0 spiro atoms. The summed E-state index contributed by atoms with van der Waals surface area (Å²) in [6.07, 6.45) is 0.495. The first-order valence-electron chi connectivity index (χ1n) is 9.02. The van der Waals surface area contributed by atoms with Crippen molar-refractivity contribution >= 4 is 17.6 Å². The Morgan fingerprint density at radius 1 is 1.23 bits per heavy atom. The minimum Gasteiger partial charge on any atom is -0.462 e. The quantitative estimate of drug-likeness (QED) is 0.801. The number of nitrogens with one attached hydrogen (secondary N) is 2. The average Bonchev–Trinajstić information content (AvgIpc) is 2.92. The van der Waals surface area contributed by atoms with Crippen LogP contribution < -0.4 is 5.32 Å². The van der Waals surface area contributed by atoms with Gasteiger partial charge in [-0.3, -0.25) is 4.79 Å². The van der Waals surface area contributed by atoms with Gasteiger partial charge in [-0.15, -0.1) is 0 Å². The van der Waals surface area contributed by atoms with E-state index in [-0.39, 0.29) is 18.0 Å². The van der Waals surface area contributed by atoms with Crippen molar-refractivity contribution in [2.45, 2.75) is 40.3 Å². The van der Waals surface area contributed by atoms with Crippen LogP contribution in [0.25, 0.3) is 0 Å². The molecule has 0 saturated carbocycles. The van der Waals surface area contributed by atoms with Crippen molar-refractivity contribution in [1.29, 1.82) is 0 Å². The van der Waals surface area contributed by atoms with Gasteiger partial charge in [0.1, 0.15) is 6.17 Å². The molecule has 0 saturated heterocycles. The predicted octanol–water partition coefficient (Wildman–Crippen LogP) is 3.78. The monoisotopic (exact) mass is 355 g/mol. The number of aromatic nitrogens is 1. The van der Waals surface area contributed by atoms with Gasteiger partial charge in [-0.25, -0.2) is 4.79 Å². The fourth-order valence-electron chi connectivity index (χ4n) is 3.55. The molecule has 0 radical (unpaired) electrons. The maximum atomic E-state index is 13.0. The first kappa shape index (κ1) is 18.0. The molecule has 1 aromatic heterocycles. The van der Waals surface area contributed by atoms with Crippen LogP contribution in [0.4, 0.5) is 5.69 Å². The number of hydrogen-bond acceptors (Lipinski definition) is 4. The van der Waals surface area contributed by atoms with E-state index >= 15 is 0 Å². The number of ether oxygens (including phenoxy) is 1. The summed E-state index contributed by atoms with van der Waals surface area (Å²) in [5.74, 6) is -0.342. The molecule has 1 atom stereocenters. The van der Waals surface area contributed by atoms with Crippen LogP contribution in [0.3, 0.4) is 0 Å². The minimum atomic E-state index is -0.348. The van der Waals surface area contributed by atoms with E-state index < -0.39 is 0 Å². The van der Waals surface area contributed by atoms with Gasteiger partial charge in [0.25, 0.3) is 5.91 Å². The second-order valence-electron chi connectivity index (χ2n) is 6.48. The van der Waals surface area contributed by atoms with E-state index in [0.29, 0.717) is 24.3 Å². The van der Waals surface area contributed by atoms with E-state index in [2.05, 4.69) is 10.3 Å². The Bertz CT molecular complexity index is 841. The van der Waals surface area contributed by atoms with Crippen molar-refractivity contribution in [3.63, 3.8) is 0 Å². The van der Waals surface area contributed by atoms with E-state index in [1.54, 1.807) is 6.92 Å². The average molecular weight is 355 g/mol. The number of carbonyl (C=O) groups is 2. The molecule has 6 heteroatoms. The summed E-state index contributed by atoms with van der Waals surface area (Å²) in [4.78, 5) is 30.4. The third-order valence-electron chi connectivity index (χ3n) is 4.72. The van der Waals surface area contributed by atoms with E-state index in [9.17, 15) is 9.59 Å². The fraction of sp³-hybridized carbons (Fsp3) is 0.400. The molecule has 0 aliphatic carbocycles. The maximum Gasteiger partial charge on any atom is 0.340 e. The molecule has 0 unspecified atom stereocenters. The molecule has 2 heterocycles. The van der Waals surface area contributed by atoms with Crippen LogP contribution >= 0.6 is 0 Å². The molecule has 26 heavy (non-hydrogen) atoms. The lowest BCUT2D eigenvalue weighted by atomic mass is 10.0. The number of rotatable bonds is 5. The lowest BCUT2D eigenvalue weighted by Gasteiger charge is -2.37. The molecule has 0 bridgehead atoms. The van der Waals surface area contributed by atoms with Crippen LogP contribution in [0.2, 0.25) is 0 Å². The zero-order chi connectivity index (χ0) is 18.8. The second kappa shape index (κ2) is 7.23. The number of anilines is 1. The zero-order valence-corrected chi connectivity index (χ0v) is 15.7. The van der Waals surface area contributed by atoms with Crippen LogP contribution in [0.15, 0.2) is 24.3 Å². The first-order chi connectivity index (χ1) is 12.5. The predicted molar refractivity (Wildman–Crippen MR) is 100 cm³/mol. The van der Waals surface area contributed by atoms with Crippen molar-refractivity contribution in [3.8, 4) is 0 Å². The van der Waals surface area contributed by atoms with Crippen LogP contribution in [0.5, 0.6) is 0 Å². The molecule has 2 N–H and O–H groups in total. The lowest BCUT2D eigenvalue weighted by Crippen LogP contribution is -2.43. The topological polar surface area (TPSA) is 74.4 Å². The summed E-state index contributed by atoms with van der Waals surface area (Å²) in [6.45, 7) is 8.53. The number of hydrogen-bond donors (Lipinski definition) is 2. The van der Waals surface area contributed by atoms with Gasteiger partial charge in [0.15, 0.2) is 0 Å². The number of carbonyl (C=O) groups excluding carboxylic acids is 2. The summed E-state index contributed by atoms with van der Waals surface area (Å²) < 4.78 is 5.18. The van der Waals surface area contributed by atoms with Crippen molar-refractivity contribution < 1.29 is 14.3 Å². The fourth-order valence-corrected chi connectivity index (χ4v) is 3.55. The Balaban J connectivity index is 2.06. The SMILES string of the molecule is CCCN1C(=O)c2ccccc2N[C@@H]1c1[nH]c(C)c(C(=O)OCC)c1C. The third-order valence-corrected chi connectivity index (χ3v) is 4.72. The van der Waals surface area contributed by atoms with E-state index in [4.69, 9.17) is 4.74 Å². The Morgan fingerprint density at radius 2 is 1.96 bits per heavy atom. The van der Waals surface area contributed by atoms with E-state index in [0.717, 1.165) is 29.1 Å². The summed E-state index contributed by atoms with van der Waals surface area (Å²) in [6, 6.07) is 7.51. The van der Waals surface area contributed by atoms with E-state index in [1.807, 2.05) is 49.9 Å². The highest BCUT2D eigenvalue weighted by molar-refractivity contribution is 6.02. The van der Waals surface area contributed by atoms with Crippen molar-refractivity contribution in [2.24, 2.45) is 0 Å². The number of H-pyrrole nitrogens is 1. The molecular formula is C20H25N3O3. The lowest BCUT2D eigenvalue weighted by molar-refractivity contribution is 0.0525. The van der Waals surface area contributed by atoms with Gasteiger partial charge >= 0.3 is 5.97 Å². The second-order valence-corrected chi connectivity index (χ2v) is 6.48. The van der Waals surface area contributed by atoms with Crippen molar-refractivity contribution in [3.05, 3.63) is 52.3 Å². The van der Waals surface area contributed by atoms with Gasteiger partial charge in [0, 0.05) is 17.9 Å². The molecular weight excluding hydrogens is 330 g/mol. The molecule has 6 nitrogen and oxygen atoms in total. The minimum absolute atomic E-state index is 0.00413. The highest BCUT2D eigenvalue weighted by Crippen LogP contribution is 2.35. The molecule has 1 aliphatic heterocycles. The largest absolute Gasteiger partial charge is 0.462 e. The number of nitrogens with zero attached hydrogens (tertiary/aromatic N) is 1. The Morgan fingerprint density at radius 3 is 2.65 bits per heavy atom. The van der Waals surface area contributed by atoms with Crippen LogP contribution in [-0.4, -0.2) is 34.9 Å². The number of amides is 1. The highest BCUT2D eigenvalue weighted by atomic mass is 16.5. The summed E-state index contributed by atoms with van der Waals surface area (Å²) >= 11 is 0. The molecule has 0 fully saturated rings. The van der Waals surface area contributed by atoms with Gasteiger partial charge in [0.05, 0.1) is 23.4 Å². The molecule has 1 amide bonds. The number of fused-ring (bicyclic) bond motifs is 1. The van der Waals surface area contributed by atoms with Gasteiger partial charge < -0.3 is 19.9 Å². The summed E-state index contributed by atoms with van der Waals surface area (Å²) in [7, 11) is 0. The Hall–Kier alpha value is -2.76. The van der Waals surface area contributed by atoms with Gasteiger partial charge in [-0.1, -0.05) is 19.1 Å². The standard InChI is InChI=1S/C20H25N3O3/c1-5-11-23-18(22-15-10-8-7-9-14(15)19(23)24)17-12(3)16(13(4)21-17)20(25)26-6-2/h7-10,18,21-22H,5-6,11H2,1-4H3/t18-/m0/s1. The van der Waals surface area contributed by atoms with Crippen LogP contribution in [0.1, 0.15) is 64.1 Å². The Kier molecular flexibility index (Phi) is 5.02. The maximum absolute atomic E-state index is 13.0. The summed E-state index contributed by atoms with van der Waals surface area (Å²) in [5.41, 5.74) is 4.41.